The second-order valence-corrected chi connectivity index (χ2v) is 4.77. The zero-order chi connectivity index (χ0) is 16.3. The van der Waals surface area contributed by atoms with Crippen LogP contribution in [0.3, 0.4) is 0 Å². The number of carbonyl (C=O) groups is 1. The van der Waals surface area contributed by atoms with Crippen molar-refractivity contribution in [2.45, 2.75) is 12.8 Å². The number of aliphatic hydroxyl groups is 1. The van der Waals surface area contributed by atoms with Crippen LogP contribution in [0, 0.1) is 0 Å². The van der Waals surface area contributed by atoms with Crippen molar-refractivity contribution in [3.05, 3.63) is 35.4 Å². The average Bonchev–Trinajstić information content (AvgIpc) is 2.45. The van der Waals surface area contributed by atoms with Gasteiger partial charge in [0.1, 0.15) is 5.75 Å². The second-order valence-electron chi connectivity index (χ2n) is 4.77. The van der Waals surface area contributed by atoms with Crippen molar-refractivity contribution in [3.8, 4) is 5.75 Å². The highest BCUT2D eigenvalue weighted by Gasteiger charge is 2.31. The summed E-state index contributed by atoms with van der Waals surface area (Å²) < 4.78 is 40.1. The summed E-state index contributed by atoms with van der Waals surface area (Å²) in [4.78, 5) is 12.1. The van der Waals surface area contributed by atoms with Crippen LogP contribution in [0.25, 0.3) is 5.57 Å². The minimum absolute atomic E-state index is 0.0853. The van der Waals surface area contributed by atoms with Crippen molar-refractivity contribution >= 4 is 11.7 Å². The monoisotopic (exact) mass is 317 g/mol. The molecule has 0 fully saturated rings. The summed E-state index contributed by atoms with van der Waals surface area (Å²) in [5.74, 6) is -0.328. The SMILES string of the molecule is O=C(O)N1CCC(c2ccc(OC(F)(F)F)cc2)=C(CO)C1. The Morgan fingerprint density at radius 1 is 1.27 bits per heavy atom. The second kappa shape index (κ2) is 6.27. The molecule has 0 aromatic heterocycles. The van der Waals surface area contributed by atoms with Crippen LogP contribution < -0.4 is 4.74 Å². The molecule has 0 saturated carbocycles. The van der Waals surface area contributed by atoms with Gasteiger partial charge in [-0.25, -0.2) is 4.79 Å². The fourth-order valence-corrected chi connectivity index (χ4v) is 2.34. The van der Waals surface area contributed by atoms with Gasteiger partial charge in [-0.05, 0) is 35.3 Å². The van der Waals surface area contributed by atoms with E-state index < -0.39 is 12.5 Å². The molecule has 1 amide bonds. The maximum Gasteiger partial charge on any atom is 0.573 e. The van der Waals surface area contributed by atoms with Gasteiger partial charge in [0.2, 0.25) is 0 Å². The third-order valence-corrected chi connectivity index (χ3v) is 3.34. The number of aliphatic hydroxyl groups excluding tert-OH is 1. The molecule has 0 bridgehead atoms. The Kier molecular flexibility index (Phi) is 4.60. The zero-order valence-electron chi connectivity index (χ0n) is 11.4. The Balaban J connectivity index is 2.21. The van der Waals surface area contributed by atoms with Crippen LogP contribution >= 0.6 is 0 Å². The normalized spacial score (nSPS) is 15.9. The molecule has 0 radical (unpaired) electrons. The van der Waals surface area contributed by atoms with E-state index in [0.717, 1.165) is 5.57 Å². The minimum atomic E-state index is -4.75. The van der Waals surface area contributed by atoms with Gasteiger partial charge in [-0.15, -0.1) is 13.2 Å². The molecule has 2 rings (SSSR count). The molecule has 1 aromatic carbocycles. The largest absolute Gasteiger partial charge is 0.573 e. The van der Waals surface area contributed by atoms with Crippen molar-refractivity contribution in [2.75, 3.05) is 19.7 Å². The molecule has 5 nitrogen and oxygen atoms in total. The van der Waals surface area contributed by atoms with Crippen LogP contribution in [0.2, 0.25) is 0 Å². The first-order chi connectivity index (χ1) is 10.3. The summed E-state index contributed by atoms with van der Waals surface area (Å²) >= 11 is 0. The van der Waals surface area contributed by atoms with Crippen LogP contribution in [-0.2, 0) is 0 Å². The van der Waals surface area contributed by atoms with E-state index in [1.807, 2.05) is 0 Å². The molecule has 1 heterocycles. The van der Waals surface area contributed by atoms with Gasteiger partial charge in [0.15, 0.2) is 0 Å². The number of alkyl halides is 3. The summed E-state index contributed by atoms with van der Waals surface area (Å²) in [5, 5.41) is 18.3. The molecule has 22 heavy (non-hydrogen) atoms. The molecule has 1 aromatic rings. The number of rotatable bonds is 3. The van der Waals surface area contributed by atoms with Gasteiger partial charge >= 0.3 is 12.5 Å². The minimum Gasteiger partial charge on any atom is -0.465 e. The van der Waals surface area contributed by atoms with Crippen LogP contribution in [0.15, 0.2) is 29.8 Å². The Morgan fingerprint density at radius 3 is 2.41 bits per heavy atom. The van der Waals surface area contributed by atoms with Crippen molar-refractivity contribution in [3.63, 3.8) is 0 Å². The predicted octanol–water partition coefficient (Wildman–Crippen LogP) is 2.71. The van der Waals surface area contributed by atoms with Gasteiger partial charge in [0.25, 0.3) is 0 Å². The highest BCUT2D eigenvalue weighted by molar-refractivity contribution is 5.74. The van der Waals surface area contributed by atoms with E-state index in [9.17, 15) is 23.1 Å². The molecule has 1 aliphatic heterocycles. The van der Waals surface area contributed by atoms with Crippen LogP contribution in [0.1, 0.15) is 12.0 Å². The van der Waals surface area contributed by atoms with Crippen LogP contribution in [0.4, 0.5) is 18.0 Å². The van der Waals surface area contributed by atoms with Gasteiger partial charge in [-0.2, -0.15) is 0 Å². The molecule has 120 valence electrons. The molecule has 0 spiro atoms. The smallest absolute Gasteiger partial charge is 0.465 e. The van der Waals surface area contributed by atoms with E-state index in [-0.39, 0.29) is 25.4 Å². The Hall–Kier alpha value is -2.22. The first-order valence-electron chi connectivity index (χ1n) is 6.46. The Labute approximate surface area is 124 Å². The van der Waals surface area contributed by atoms with E-state index in [1.54, 1.807) is 0 Å². The lowest BCUT2D eigenvalue weighted by Gasteiger charge is -2.28. The maximum absolute atomic E-state index is 12.1. The summed E-state index contributed by atoms with van der Waals surface area (Å²) in [6.45, 7) is 0.0524. The summed E-state index contributed by atoms with van der Waals surface area (Å²) in [5.41, 5.74) is 1.93. The molecule has 2 N–H and O–H groups in total. The number of hydrogen-bond acceptors (Lipinski definition) is 3. The lowest BCUT2D eigenvalue weighted by atomic mass is 9.94. The number of carboxylic acid groups (broad SMARTS) is 1. The third-order valence-electron chi connectivity index (χ3n) is 3.34. The summed E-state index contributed by atoms with van der Waals surface area (Å²) in [7, 11) is 0. The lowest BCUT2D eigenvalue weighted by Crippen LogP contribution is -2.36. The van der Waals surface area contributed by atoms with Crippen molar-refractivity contribution in [1.29, 1.82) is 0 Å². The van der Waals surface area contributed by atoms with E-state index in [0.29, 0.717) is 17.6 Å². The van der Waals surface area contributed by atoms with E-state index >= 15 is 0 Å². The maximum atomic E-state index is 12.1. The van der Waals surface area contributed by atoms with Crippen LogP contribution in [-0.4, -0.2) is 47.3 Å². The number of amides is 1. The molecule has 1 aliphatic rings. The lowest BCUT2D eigenvalue weighted by molar-refractivity contribution is -0.274. The van der Waals surface area contributed by atoms with Crippen molar-refractivity contribution < 1.29 is 32.9 Å². The van der Waals surface area contributed by atoms with Gasteiger partial charge in [-0.1, -0.05) is 12.1 Å². The standard InChI is InChI=1S/C14H14F3NO4/c15-14(16,17)22-11-3-1-9(2-4-11)12-5-6-18(13(20)21)7-10(12)8-19/h1-4,19H,5-8H2,(H,20,21). The molecule has 0 aliphatic carbocycles. The highest BCUT2D eigenvalue weighted by atomic mass is 19.4. The Morgan fingerprint density at radius 2 is 1.91 bits per heavy atom. The highest BCUT2D eigenvalue weighted by Crippen LogP contribution is 2.30. The van der Waals surface area contributed by atoms with Gasteiger partial charge in [0, 0.05) is 13.1 Å². The number of halogens is 3. The number of benzene rings is 1. The predicted molar refractivity (Wildman–Crippen MR) is 71.3 cm³/mol. The molecule has 8 heteroatoms. The molecular weight excluding hydrogens is 303 g/mol. The molecular formula is C14H14F3NO4. The van der Waals surface area contributed by atoms with E-state index in [2.05, 4.69) is 4.74 Å². The fourth-order valence-electron chi connectivity index (χ4n) is 2.34. The van der Waals surface area contributed by atoms with Gasteiger partial charge in [0.05, 0.1) is 6.61 Å². The topological polar surface area (TPSA) is 70.0 Å². The quantitative estimate of drug-likeness (QED) is 0.899. The number of hydrogen-bond donors (Lipinski definition) is 2. The zero-order valence-corrected chi connectivity index (χ0v) is 11.4. The van der Waals surface area contributed by atoms with Crippen molar-refractivity contribution in [1.82, 2.24) is 4.90 Å². The summed E-state index contributed by atoms with van der Waals surface area (Å²) in [6.07, 6.45) is -5.43. The number of ether oxygens (including phenoxy) is 1. The average molecular weight is 317 g/mol. The van der Waals surface area contributed by atoms with E-state index in [4.69, 9.17) is 5.11 Å². The first-order valence-corrected chi connectivity index (χ1v) is 6.46. The van der Waals surface area contributed by atoms with E-state index in [1.165, 1.54) is 29.2 Å². The fraction of sp³-hybridized carbons (Fsp3) is 0.357. The molecule has 0 saturated heterocycles. The number of nitrogens with zero attached hydrogens (tertiary/aromatic N) is 1. The van der Waals surface area contributed by atoms with Crippen LogP contribution in [0.5, 0.6) is 5.75 Å². The first kappa shape index (κ1) is 16.2. The Bertz CT molecular complexity index is 581. The summed E-state index contributed by atoms with van der Waals surface area (Å²) in [6, 6.07) is 5.30. The third kappa shape index (κ3) is 3.91. The van der Waals surface area contributed by atoms with Gasteiger partial charge in [-0.3, -0.25) is 0 Å². The molecule has 0 unspecified atom stereocenters. The molecule has 0 atom stereocenters. The van der Waals surface area contributed by atoms with Gasteiger partial charge < -0.3 is 19.8 Å². The van der Waals surface area contributed by atoms with Crippen molar-refractivity contribution in [2.24, 2.45) is 0 Å².